The summed E-state index contributed by atoms with van der Waals surface area (Å²) in [6.45, 7) is 0.0696. The third-order valence-corrected chi connectivity index (χ3v) is 7.22. The van der Waals surface area contributed by atoms with Crippen LogP contribution in [-0.4, -0.2) is 35.8 Å². The average molecular weight is 518 g/mol. The lowest BCUT2D eigenvalue weighted by Crippen LogP contribution is -2.47. The maximum Gasteiger partial charge on any atom is 0.325 e. The molecule has 4 aromatic rings. The van der Waals surface area contributed by atoms with Gasteiger partial charge in [-0.05, 0) is 28.7 Å². The van der Waals surface area contributed by atoms with E-state index in [-0.39, 0.29) is 24.8 Å². The number of amides is 4. The van der Waals surface area contributed by atoms with Gasteiger partial charge in [-0.15, -0.1) is 0 Å². The highest BCUT2D eigenvalue weighted by Gasteiger charge is 2.52. The van der Waals surface area contributed by atoms with E-state index in [1.807, 2.05) is 97.1 Å². The van der Waals surface area contributed by atoms with Crippen molar-refractivity contribution in [3.63, 3.8) is 0 Å². The van der Waals surface area contributed by atoms with Crippen molar-refractivity contribution in [1.82, 2.24) is 15.5 Å². The SMILES string of the molecule is O=C(CN1C(=O)NC(Cc2ccccc2)(c2ccccc2)C1=O)NCCC(c1ccccc1)c1ccccc1. The third kappa shape index (κ3) is 5.75. The molecule has 0 bridgehead atoms. The topological polar surface area (TPSA) is 78.5 Å². The molecule has 5 rings (SSSR count). The standard InChI is InChI=1S/C33H31N3O3/c37-30(34-22-21-29(26-15-7-2-8-16-26)27-17-9-3-10-18-27)24-36-31(38)33(35-32(36)39,28-19-11-4-12-20-28)23-25-13-5-1-6-14-25/h1-20,29H,21-24H2,(H,34,37)(H,35,39). The summed E-state index contributed by atoms with van der Waals surface area (Å²) in [4.78, 5) is 40.8. The zero-order valence-electron chi connectivity index (χ0n) is 21.6. The van der Waals surface area contributed by atoms with Crippen molar-refractivity contribution < 1.29 is 14.4 Å². The molecule has 2 N–H and O–H groups in total. The van der Waals surface area contributed by atoms with E-state index in [1.165, 1.54) is 11.1 Å². The molecule has 196 valence electrons. The monoisotopic (exact) mass is 517 g/mol. The molecule has 1 aliphatic heterocycles. The van der Waals surface area contributed by atoms with Gasteiger partial charge in [-0.3, -0.25) is 14.5 Å². The van der Waals surface area contributed by atoms with E-state index in [0.717, 1.165) is 10.5 Å². The van der Waals surface area contributed by atoms with E-state index >= 15 is 0 Å². The minimum absolute atomic E-state index is 0.112. The van der Waals surface area contributed by atoms with Crippen LogP contribution in [0.2, 0.25) is 0 Å². The van der Waals surface area contributed by atoms with Gasteiger partial charge in [0.05, 0.1) is 0 Å². The molecule has 0 aliphatic carbocycles. The summed E-state index contributed by atoms with van der Waals surface area (Å²) in [6, 6.07) is 38.6. The number of carbonyl (C=O) groups excluding carboxylic acids is 3. The normalized spacial score (nSPS) is 16.8. The molecule has 1 aliphatic rings. The van der Waals surface area contributed by atoms with E-state index in [1.54, 1.807) is 0 Å². The Balaban J connectivity index is 1.28. The fourth-order valence-corrected chi connectivity index (χ4v) is 5.26. The van der Waals surface area contributed by atoms with Crippen molar-refractivity contribution in [2.24, 2.45) is 0 Å². The molecule has 0 spiro atoms. The van der Waals surface area contributed by atoms with Gasteiger partial charge in [-0.2, -0.15) is 0 Å². The van der Waals surface area contributed by atoms with Crippen LogP contribution in [0.15, 0.2) is 121 Å². The van der Waals surface area contributed by atoms with Gasteiger partial charge in [0.2, 0.25) is 5.91 Å². The van der Waals surface area contributed by atoms with Crippen LogP contribution in [0.4, 0.5) is 4.79 Å². The summed E-state index contributed by atoms with van der Waals surface area (Å²) in [5.74, 6) is -0.688. The largest absolute Gasteiger partial charge is 0.355 e. The molecule has 6 nitrogen and oxygen atoms in total. The predicted molar refractivity (Wildman–Crippen MR) is 151 cm³/mol. The quantitative estimate of drug-likeness (QED) is 0.290. The van der Waals surface area contributed by atoms with E-state index < -0.39 is 17.5 Å². The third-order valence-electron chi connectivity index (χ3n) is 7.22. The number of nitrogens with zero attached hydrogens (tertiary/aromatic N) is 1. The zero-order valence-corrected chi connectivity index (χ0v) is 21.6. The van der Waals surface area contributed by atoms with Crippen molar-refractivity contribution in [3.8, 4) is 0 Å². The Morgan fingerprint density at radius 2 is 1.26 bits per heavy atom. The highest BCUT2D eigenvalue weighted by atomic mass is 16.2. The lowest BCUT2D eigenvalue weighted by Gasteiger charge is -2.27. The fraction of sp³-hybridized carbons (Fsp3) is 0.182. The molecule has 4 amide bonds. The van der Waals surface area contributed by atoms with Crippen LogP contribution in [0.5, 0.6) is 0 Å². The Bertz CT molecular complexity index is 1370. The van der Waals surface area contributed by atoms with E-state index in [9.17, 15) is 14.4 Å². The molecule has 0 aromatic heterocycles. The summed E-state index contributed by atoms with van der Waals surface area (Å²) in [6.07, 6.45) is 0.970. The highest BCUT2D eigenvalue weighted by Crippen LogP contribution is 2.33. The second kappa shape index (κ2) is 11.8. The van der Waals surface area contributed by atoms with Crippen molar-refractivity contribution in [1.29, 1.82) is 0 Å². The molecule has 1 saturated heterocycles. The van der Waals surface area contributed by atoms with Crippen LogP contribution in [0.1, 0.15) is 34.6 Å². The molecule has 1 fully saturated rings. The maximum absolute atomic E-state index is 13.8. The first-order valence-electron chi connectivity index (χ1n) is 13.2. The maximum atomic E-state index is 13.8. The van der Waals surface area contributed by atoms with Crippen molar-refractivity contribution in [3.05, 3.63) is 144 Å². The number of benzene rings is 4. The van der Waals surface area contributed by atoms with Gasteiger partial charge in [0.15, 0.2) is 5.54 Å². The summed E-state index contributed by atoms with van der Waals surface area (Å²) in [5.41, 5.74) is 2.66. The van der Waals surface area contributed by atoms with Gasteiger partial charge in [0.1, 0.15) is 6.54 Å². The minimum Gasteiger partial charge on any atom is -0.355 e. The smallest absolute Gasteiger partial charge is 0.325 e. The van der Waals surface area contributed by atoms with Crippen molar-refractivity contribution in [2.75, 3.05) is 13.1 Å². The number of rotatable bonds is 10. The molecule has 6 heteroatoms. The van der Waals surface area contributed by atoms with Crippen LogP contribution in [0.3, 0.4) is 0 Å². The van der Waals surface area contributed by atoms with Crippen LogP contribution < -0.4 is 10.6 Å². The van der Waals surface area contributed by atoms with Gasteiger partial charge in [-0.1, -0.05) is 121 Å². The molecule has 0 radical (unpaired) electrons. The van der Waals surface area contributed by atoms with Gasteiger partial charge in [0, 0.05) is 18.9 Å². The van der Waals surface area contributed by atoms with E-state index in [0.29, 0.717) is 18.5 Å². The molecule has 0 saturated carbocycles. The highest BCUT2D eigenvalue weighted by molar-refractivity contribution is 6.09. The summed E-state index contributed by atoms with van der Waals surface area (Å²) in [5, 5.41) is 5.84. The first kappa shape index (κ1) is 25.9. The van der Waals surface area contributed by atoms with Crippen LogP contribution in [0.25, 0.3) is 0 Å². The first-order chi connectivity index (χ1) is 19.1. The fourth-order valence-electron chi connectivity index (χ4n) is 5.26. The molecular weight excluding hydrogens is 486 g/mol. The second-order valence-corrected chi connectivity index (χ2v) is 9.77. The Hall–Kier alpha value is -4.71. The Morgan fingerprint density at radius 3 is 1.82 bits per heavy atom. The summed E-state index contributed by atoms with van der Waals surface area (Å²) in [7, 11) is 0. The number of hydrogen-bond donors (Lipinski definition) is 2. The first-order valence-corrected chi connectivity index (χ1v) is 13.2. The molecule has 4 aromatic carbocycles. The summed E-state index contributed by atoms with van der Waals surface area (Å²) >= 11 is 0. The average Bonchev–Trinajstić information content (AvgIpc) is 3.22. The van der Waals surface area contributed by atoms with E-state index in [2.05, 4.69) is 34.9 Å². The van der Waals surface area contributed by atoms with Crippen LogP contribution >= 0.6 is 0 Å². The Labute approximate surface area is 228 Å². The van der Waals surface area contributed by atoms with Gasteiger partial charge in [0.25, 0.3) is 5.91 Å². The minimum atomic E-state index is -1.27. The number of hydrogen-bond acceptors (Lipinski definition) is 3. The summed E-state index contributed by atoms with van der Waals surface area (Å²) < 4.78 is 0. The van der Waals surface area contributed by atoms with Gasteiger partial charge in [-0.25, -0.2) is 4.79 Å². The molecule has 1 heterocycles. The van der Waals surface area contributed by atoms with Crippen LogP contribution in [0, 0.1) is 0 Å². The molecule has 39 heavy (non-hydrogen) atoms. The number of nitrogens with one attached hydrogen (secondary N) is 2. The second-order valence-electron chi connectivity index (χ2n) is 9.77. The predicted octanol–water partition coefficient (Wildman–Crippen LogP) is 5.01. The molecule has 1 unspecified atom stereocenters. The van der Waals surface area contributed by atoms with Crippen LogP contribution in [-0.2, 0) is 21.5 Å². The number of urea groups is 1. The molecular formula is C33H31N3O3. The van der Waals surface area contributed by atoms with Crippen molar-refractivity contribution in [2.45, 2.75) is 24.3 Å². The zero-order chi connectivity index (χ0) is 27.1. The Kier molecular flexibility index (Phi) is 7.83. The number of imide groups is 1. The van der Waals surface area contributed by atoms with Crippen molar-refractivity contribution >= 4 is 17.8 Å². The van der Waals surface area contributed by atoms with E-state index in [4.69, 9.17) is 0 Å². The lowest BCUT2D eigenvalue weighted by molar-refractivity contribution is -0.135. The lowest BCUT2D eigenvalue weighted by atomic mass is 9.83. The number of carbonyl (C=O) groups is 3. The molecule has 1 atom stereocenters. The Morgan fingerprint density at radius 1 is 0.744 bits per heavy atom. The van der Waals surface area contributed by atoms with Gasteiger partial charge < -0.3 is 10.6 Å². The van der Waals surface area contributed by atoms with Gasteiger partial charge >= 0.3 is 6.03 Å².